The number of carbonyl (C=O) groups excluding carboxylic acids is 1. The first kappa shape index (κ1) is 14.9. The van der Waals surface area contributed by atoms with Crippen LogP contribution in [0.4, 0.5) is 0 Å². The topological polar surface area (TPSA) is 83.8 Å². The lowest BCUT2D eigenvalue weighted by Gasteiger charge is -2.47. The lowest BCUT2D eigenvalue weighted by Crippen LogP contribution is -2.60. The second-order valence-electron chi connectivity index (χ2n) is 6.30. The number of allylic oxidation sites excluding steroid dienone is 2. The van der Waals surface area contributed by atoms with Crippen LogP contribution in [0.5, 0.6) is 0 Å². The van der Waals surface area contributed by atoms with Crippen molar-refractivity contribution in [2.45, 2.75) is 44.8 Å². The number of Topliss-reactive ketones (excluding diaryl/α,β-unsaturated/α-hetero) is 1. The van der Waals surface area contributed by atoms with E-state index in [1.807, 2.05) is 6.92 Å². The summed E-state index contributed by atoms with van der Waals surface area (Å²) in [5, 5.41) is 19.7. The number of hydrogen-bond donors (Lipinski definition) is 2. The van der Waals surface area contributed by atoms with Crippen LogP contribution in [0.15, 0.2) is 23.8 Å². The summed E-state index contributed by atoms with van der Waals surface area (Å²) >= 11 is 0. The van der Waals surface area contributed by atoms with Crippen LogP contribution in [-0.4, -0.2) is 39.8 Å². The van der Waals surface area contributed by atoms with Crippen LogP contribution in [0.25, 0.3) is 0 Å². The molecule has 3 unspecified atom stereocenters. The number of hydrogen-bond acceptors (Lipinski definition) is 4. The van der Waals surface area contributed by atoms with Gasteiger partial charge in [-0.3, -0.25) is 4.79 Å². The van der Waals surface area contributed by atoms with E-state index in [1.54, 1.807) is 26.0 Å². The van der Waals surface area contributed by atoms with E-state index in [9.17, 15) is 14.7 Å². The third kappa shape index (κ3) is 2.11. The van der Waals surface area contributed by atoms with Gasteiger partial charge in [-0.2, -0.15) is 0 Å². The van der Waals surface area contributed by atoms with Gasteiger partial charge in [-0.05, 0) is 25.5 Å². The van der Waals surface area contributed by atoms with Crippen molar-refractivity contribution < 1.29 is 24.5 Å². The number of carbonyl (C=O) groups is 2. The highest BCUT2D eigenvalue weighted by atomic mass is 16.5. The van der Waals surface area contributed by atoms with Gasteiger partial charge in [0.05, 0.1) is 6.61 Å². The summed E-state index contributed by atoms with van der Waals surface area (Å²) in [6.45, 7) is 5.53. The molecule has 1 aliphatic heterocycles. The van der Waals surface area contributed by atoms with Gasteiger partial charge in [0, 0.05) is 24.3 Å². The predicted molar refractivity (Wildman–Crippen MR) is 72.2 cm³/mol. The van der Waals surface area contributed by atoms with Gasteiger partial charge in [0.2, 0.25) is 0 Å². The zero-order valence-electron chi connectivity index (χ0n) is 12.0. The van der Waals surface area contributed by atoms with E-state index in [2.05, 4.69) is 0 Å². The number of carboxylic acid groups (broad SMARTS) is 1. The van der Waals surface area contributed by atoms with Gasteiger partial charge in [-0.1, -0.05) is 13.0 Å². The van der Waals surface area contributed by atoms with Crippen LogP contribution in [-0.2, 0) is 14.3 Å². The van der Waals surface area contributed by atoms with Crippen molar-refractivity contribution in [3.8, 4) is 0 Å². The highest BCUT2D eigenvalue weighted by molar-refractivity contribution is 5.83. The molecule has 5 nitrogen and oxygen atoms in total. The molecule has 2 fully saturated rings. The molecule has 3 atom stereocenters. The van der Waals surface area contributed by atoms with Crippen molar-refractivity contribution in [3.05, 3.63) is 23.8 Å². The Bertz CT molecular complexity index is 496. The number of aliphatic carboxylic acids is 1. The normalized spacial score (nSPS) is 41.4. The Morgan fingerprint density at radius 1 is 1.35 bits per heavy atom. The highest BCUT2D eigenvalue weighted by Crippen LogP contribution is 2.56. The van der Waals surface area contributed by atoms with Crippen molar-refractivity contribution >= 4 is 11.8 Å². The molecule has 0 radical (unpaired) electrons. The lowest BCUT2D eigenvalue weighted by atomic mass is 9.59. The summed E-state index contributed by atoms with van der Waals surface area (Å²) in [4.78, 5) is 22.4. The molecule has 5 heteroatoms. The SMILES string of the molecule is CC(/C=C/C1(O)C2(C)COC1(C)CC(=O)C2)=C\C(=O)O. The van der Waals surface area contributed by atoms with E-state index >= 15 is 0 Å². The first-order chi connectivity index (χ1) is 9.12. The third-order valence-corrected chi connectivity index (χ3v) is 4.50. The minimum Gasteiger partial charge on any atom is -0.478 e. The van der Waals surface area contributed by atoms with Crippen LogP contribution in [0.3, 0.4) is 0 Å². The van der Waals surface area contributed by atoms with E-state index in [0.717, 1.165) is 6.08 Å². The highest BCUT2D eigenvalue weighted by Gasteiger charge is 2.67. The Hall–Kier alpha value is -1.46. The van der Waals surface area contributed by atoms with Gasteiger partial charge < -0.3 is 14.9 Å². The van der Waals surface area contributed by atoms with Gasteiger partial charge >= 0.3 is 5.97 Å². The quantitative estimate of drug-likeness (QED) is 0.604. The van der Waals surface area contributed by atoms with Crippen molar-refractivity contribution in [1.82, 2.24) is 0 Å². The molecule has 1 saturated carbocycles. The van der Waals surface area contributed by atoms with E-state index in [0.29, 0.717) is 12.2 Å². The molecule has 0 aromatic rings. The molecule has 2 bridgehead atoms. The first-order valence-corrected chi connectivity index (χ1v) is 6.60. The number of fused-ring (bicyclic) bond motifs is 2. The Kier molecular flexibility index (Phi) is 3.38. The summed E-state index contributed by atoms with van der Waals surface area (Å²) in [7, 11) is 0. The van der Waals surface area contributed by atoms with Gasteiger partial charge in [0.1, 0.15) is 17.0 Å². The number of rotatable bonds is 3. The summed E-state index contributed by atoms with van der Waals surface area (Å²) in [5.41, 5.74) is -2.37. The fraction of sp³-hybridized carbons (Fsp3) is 0.600. The van der Waals surface area contributed by atoms with Gasteiger partial charge in [0.15, 0.2) is 0 Å². The molecule has 2 rings (SSSR count). The Balaban J connectivity index is 2.36. The monoisotopic (exact) mass is 280 g/mol. The molecule has 0 aromatic heterocycles. The Morgan fingerprint density at radius 3 is 2.55 bits per heavy atom. The summed E-state index contributed by atoms with van der Waals surface area (Å²) in [6.07, 6.45) is 4.67. The molecule has 0 aromatic carbocycles. The Labute approximate surface area is 117 Å². The fourth-order valence-corrected chi connectivity index (χ4v) is 3.29. The average Bonchev–Trinajstić information content (AvgIpc) is 2.43. The predicted octanol–water partition coefficient (Wildman–Crippen LogP) is 1.46. The molecule has 1 aliphatic carbocycles. The zero-order valence-corrected chi connectivity index (χ0v) is 12.0. The zero-order chi connectivity index (χ0) is 15.2. The maximum absolute atomic E-state index is 11.8. The van der Waals surface area contributed by atoms with Crippen molar-refractivity contribution in [3.63, 3.8) is 0 Å². The maximum Gasteiger partial charge on any atom is 0.328 e. The van der Waals surface area contributed by atoms with Gasteiger partial charge in [0.25, 0.3) is 0 Å². The van der Waals surface area contributed by atoms with E-state index < -0.39 is 22.6 Å². The molecule has 1 saturated heterocycles. The van der Waals surface area contributed by atoms with Crippen LogP contribution in [0.1, 0.15) is 33.6 Å². The molecular formula is C15H20O5. The molecule has 2 N–H and O–H groups in total. The van der Waals surface area contributed by atoms with Crippen molar-refractivity contribution in [2.75, 3.05) is 6.61 Å². The van der Waals surface area contributed by atoms with E-state index in [4.69, 9.17) is 9.84 Å². The number of aliphatic hydroxyl groups is 1. The van der Waals surface area contributed by atoms with E-state index in [-0.39, 0.29) is 18.6 Å². The second kappa shape index (κ2) is 4.53. The largest absolute Gasteiger partial charge is 0.478 e. The molecule has 1 heterocycles. The number of ketones is 1. The molecule has 0 spiro atoms. The van der Waals surface area contributed by atoms with Crippen LogP contribution >= 0.6 is 0 Å². The number of ether oxygens (including phenoxy) is 1. The molecule has 0 amide bonds. The van der Waals surface area contributed by atoms with Crippen molar-refractivity contribution in [2.24, 2.45) is 5.41 Å². The number of carboxylic acids is 1. The lowest BCUT2D eigenvalue weighted by molar-refractivity contribution is -0.151. The molecule has 110 valence electrons. The average molecular weight is 280 g/mol. The summed E-state index contributed by atoms with van der Waals surface area (Å²) in [6, 6.07) is 0. The third-order valence-electron chi connectivity index (χ3n) is 4.50. The molecule has 20 heavy (non-hydrogen) atoms. The minimum absolute atomic E-state index is 0.0865. The first-order valence-electron chi connectivity index (χ1n) is 6.60. The van der Waals surface area contributed by atoms with Crippen molar-refractivity contribution in [1.29, 1.82) is 0 Å². The van der Waals surface area contributed by atoms with Crippen LogP contribution < -0.4 is 0 Å². The summed E-state index contributed by atoms with van der Waals surface area (Å²) < 4.78 is 5.71. The van der Waals surface area contributed by atoms with Crippen LogP contribution in [0.2, 0.25) is 0 Å². The fourth-order valence-electron chi connectivity index (χ4n) is 3.29. The molecular weight excluding hydrogens is 260 g/mol. The second-order valence-corrected chi connectivity index (χ2v) is 6.30. The summed E-state index contributed by atoms with van der Waals surface area (Å²) in [5.74, 6) is -0.946. The van der Waals surface area contributed by atoms with E-state index in [1.165, 1.54) is 0 Å². The Morgan fingerprint density at radius 2 is 2.00 bits per heavy atom. The molecule has 2 aliphatic rings. The van der Waals surface area contributed by atoms with Gasteiger partial charge in [-0.15, -0.1) is 0 Å². The van der Waals surface area contributed by atoms with Crippen LogP contribution in [0, 0.1) is 5.41 Å². The smallest absolute Gasteiger partial charge is 0.328 e. The minimum atomic E-state index is -1.28. The standard InChI is InChI=1S/C15H20O5/c1-10(6-12(17)18)4-5-15(19)13(2)7-11(16)8-14(15,3)20-9-13/h4-6,19H,7-9H2,1-3H3,(H,17,18)/b5-4+,10-6+. The van der Waals surface area contributed by atoms with Gasteiger partial charge in [-0.25, -0.2) is 4.79 Å². The maximum atomic E-state index is 11.8.